The van der Waals surface area contributed by atoms with Crippen molar-refractivity contribution >= 4 is 30.0 Å². The Bertz CT molecular complexity index is 265. The van der Waals surface area contributed by atoms with Crippen LogP contribution in [0.3, 0.4) is 0 Å². The number of hydrogen-bond donors (Lipinski definition) is 0. The van der Waals surface area contributed by atoms with Gasteiger partial charge in [-0.3, -0.25) is 0 Å². The quantitative estimate of drug-likeness (QED) is 0.489. The minimum absolute atomic E-state index is 0.545. The Morgan fingerprint density at radius 2 is 1.53 bits per heavy atom. The maximum absolute atomic E-state index is 6.61. The Kier molecular flexibility index (Phi) is 2.47. The molecule has 4 fully saturated rings. The van der Waals surface area contributed by atoms with E-state index in [-0.39, 0.29) is 0 Å². The summed E-state index contributed by atoms with van der Waals surface area (Å²) in [4.78, 5) is 7.97. The zero-order valence-electron chi connectivity index (χ0n) is 10.2. The van der Waals surface area contributed by atoms with Gasteiger partial charge in [0.05, 0.1) is 0 Å². The van der Waals surface area contributed by atoms with Crippen molar-refractivity contribution in [2.75, 3.05) is 0 Å². The van der Waals surface area contributed by atoms with Gasteiger partial charge in [-0.05, 0) is 0 Å². The Morgan fingerprint density at radius 1 is 1.00 bits per heavy atom. The van der Waals surface area contributed by atoms with E-state index in [0.29, 0.717) is 5.38 Å². The summed E-state index contributed by atoms with van der Waals surface area (Å²) >= 11 is 4.85. The van der Waals surface area contributed by atoms with E-state index in [1.165, 1.54) is 25.7 Å². The average Bonchev–Trinajstić information content (AvgIpc) is 2.10. The summed E-state index contributed by atoms with van der Waals surface area (Å²) in [6, 6.07) is 0. The molecule has 0 aromatic rings. The summed E-state index contributed by atoms with van der Waals surface area (Å²) in [5.41, 5.74) is 0. The van der Waals surface area contributed by atoms with Crippen molar-refractivity contribution in [3.63, 3.8) is 0 Å². The third-order valence-corrected chi connectivity index (χ3v) is 17.3. The van der Waals surface area contributed by atoms with Gasteiger partial charge in [-0.25, -0.2) is 0 Å². The topological polar surface area (TPSA) is 0 Å². The zero-order valence-corrected chi connectivity index (χ0v) is 13.8. The van der Waals surface area contributed by atoms with Crippen LogP contribution >= 0.6 is 11.6 Å². The van der Waals surface area contributed by atoms with E-state index in [0.717, 1.165) is 21.2 Å². The van der Waals surface area contributed by atoms with E-state index in [2.05, 4.69) is 14.8 Å². The average molecular weight is 333 g/mol. The minimum atomic E-state index is -1.76. The molecule has 0 nitrogen and oxygen atoms in total. The fourth-order valence-corrected chi connectivity index (χ4v) is 12.8. The zero-order chi connectivity index (χ0) is 10.8. The summed E-state index contributed by atoms with van der Waals surface area (Å²) in [5.74, 6) is 2.86. The van der Waals surface area contributed by atoms with Gasteiger partial charge in [-0.1, -0.05) is 0 Å². The normalized spacial score (nSPS) is 53.6. The molecular formula is C13H23ClSn. The predicted molar refractivity (Wildman–Crippen MR) is 69.2 cm³/mol. The molecule has 0 spiro atoms. The van der Waals surface area contributed by atoms with Gasteiger partial charge in [0.25, 0.3) is 0 Å². The number of hydrogen-bond acceptors (Lipinski definition) is 0. The third kappa shape index (κ3) is 1.53. The molecule has 2 heteroatoms. The molecule has 0 aliphatic heterocycles. The standard InChI is InChI=1S/C10H14Cl.3CH3.Sn/c11-10-8-2-6-1-7(4-8)5-9(10)3-6;;;;/h6,8-10H,1-5H2;3*1H3;/t6?,8-,9+,10?;;;;. The van der Waals surface area contributed by atoms with Gasteiger partial charge in [-0.2, -0.15) is 0 Å². The van der Waals surface area contributed by atoms with Crippen molar-refractivity contribution < 1.29 is 0 Å². The molecule has 5 atom stereocenters. The summed E-state index contributed by atoms with van der Waals surface area (Å²) in [6.07, 6.45) is 7.54. The van der Waals surface area contributed by atoms with E-state index in [1.54, 1.807) is 6.42 Å². The number of alkyl halides is 1. The van der Waals surface area contributed by atoms with Gasteiger partial charge in [-0.15, -0.1) is 0 Å². The Hall–Kier alpha value is 1.09. The van der Waals surface area contributed by atoms with Gasteiger partial charge in [0.15, 0.2) is 0 Å². The van der Waals surface area contributed by atoms with E-state index in [4.69, 9.17) is 11.6 Å². The van der Waals surface area contributed by atoms with Crippen LogP contribution in [0.25, 0.3) is 0 Å². The van der Waals surface area contributed by atoms with Crippen LogP contribution in [-0.4, -0.2) is 23.8 Å². The van der Waals surface area contributed by atoms with E-state index in [9.17, 15) is 0 Å². The molecular weight excluding hydrogens is 310 g/mol. The molecule has 4 aliphatic carbocycles. The molecule has 0 saturated heterocycles. The molecule has 0 amide bonds. The maximum atomic E-state index is 6.61. The van der Waals surface area contributed by atoms with Gasteiger partial charge in [0, 0.05) is 0 Å². The molecule has 4 bridgehead atoms. The fourth-order valence-electron chi connectivity index (χ4n) is 4.88. The number of halogens is 1. The molecule has 4 aliphatic rings. The molecule has 4 saturated carbocycles. The van der Waals surface area contributed by atoms with Gasteiger partial charge in [0.2, 0.25) is 0 Å². The van der Waals surface area contributed by atoms with Crippen LogP contribution in [0.2, 0.25) is 18.2 Å². The summed E-state index contributed by atoms with van der Waals surface area (Å²) in [6.45, 7) is 0. The van der Waals surface area contributed by atoms with Crippen LogP contribution < -0.4 is 0 Å². The second-order valence-corrected chi connectivity index (χ2v) is 23.8. The first-order valence-electron chi connectivity index (χ1n) is 6.55. The SMILES string of the molecule is [CH3][Sn]([CH3])([CH3])[C]12CC3C[C@H](C1)C(Cl)[C@@H](C3)C2. The molecule has 0 heterocycles. The molecule has 0 radical (unpaired) electrons. The first-order valence-corrected chi connectivity index (χ1v) is 17.0. The Balaban J connectivity index is 1.96. The van der Waals surface area contributed by atoms with E-state index >= 15 is 0 Å². The van der Waals surface area contributed by atoms with Crippen LogP contribution in [0.4, 0.5) is 0 Å². The van der Waals surface area contributed by atoms with Crippen LogP contribution in [0.1, 0.15) is 32.1 Å². The van der Waals surface area contributed by atoms with E-state index in [1.807, 2.05) is 0 Å². The van der Waals surface area contributed by atoms with Crippen molar-refractivity contribution in [2.24, 2.45) is 17.8 Å². The second-order valence-electron chi connectivity index (χ2n) is 7.44. The molecule has 0 aromatic heterocycles. The van der Waals surface area contributed by atoms with Gasteiger partial charge in [0.1, 0.15) is 0 Å². The summed E-state index contributed by atoms with van der Waals surface area (Å²) < 4.78 is 0.844. The molecule has 86 valence electrons. The van der Waals surface area contributed by atoms with Crippen molar-refractivity contribution in [2.45, 2.75) is 55.7 Å². The van der Waals surface area contributed by atoms with Crippen molar-refractivity contribution in [3.8, 4) is 0 Å². The Labute approximate surface area is 103 Å². The number of rotatable bonds is 1. The predicted octanol–water partition coefficient (Wildman–Crippen LogP) is 4.51. The molecule has 15 heavy (non-hydrogen) atoms. The first-order chi connectivity index (χ1) is 6.91. The first kappa shape index (κ1) is 11.2. The monoisotopic (exact) mass is 334 g/mol. The van der Waals surface area contributed by atoms with E-state index < -0.39 is 18.4 Å². The molecule has 0 N–H and O–H groups in total. The second kappa shape index (κ2) is 3.31. The summed E-state index contributed by atoms with van der Waals surface area (Å²) in [5, 5.41) is 0.545. The van der Waals surface area contributed by atoms with Crippen molar-refractivity contribution in [3.05, 3.63) is 0 Å². The molecule has 0 aromatic carbocycles. The van der Waals surface area contributed by atoms with Gasteiger partial charge < -0.3 is 0 Å². The van der Waals surface area contributed by atoms with Crippen molar-refractivity contribution in [1.82, 2.24) is 0 Å². The Morgan fingerprint density at radius 3 is 2.00 bits per heavy atom. The van der Waals surface area contributed by atoms with Crippen LogP contribution in [0.15, 0.2) is 0 Å². The van der Waals surface area contributed by atoms with Crippen LogP contribution in [-0.2, 0) is 0 Å². The van der Waals surface area contributed by atoms with Crippen molar-refractivity contribution in [1.29, 1.82) is 0 Å². The van der Waals surface area contributed by atoms with Gasteiger partial charge >= 0.3 is 103 Å². The molecule has 3 unspecified atom stereocenters. The third-order valence-electron chi connectivity index (χ3n) is 5.75. The van der Waals surface area contributed by atoms with Crippen LogP contribution in [0, 0.1) is 17.8 Å². The fraction of sp³-hybridized carbons (Fsp3) is 1.00. The summed E-state index contributed by atoms with van der Waals surface area (Å²) in [7, 11) is 0. The molecule has 4 rings (SSSR count). The van der Waals surface area contributed by atoms with Crippen LogP contribution in [0.5, 0.6) is 0 Å².